The van der Waals surface area contributed by atoms with Gasteiger partial charge in [0.15, 0.2) is 0 Å². The number of ether oxygens (including phenoxy) is 1. The van der Waals surface area contributed by atoms with Gasteiger partial charge in [0, 0.05) is 15.8 Å². The highest BCUT2D eigenvalue weighted by atomic mass is 32.1. The number of aryl methyl sites for hydroxylation is 1. The summed E-state index contributed by atoms with van der Waals surface area (Å²) in [6.45, 7) is 0. The van der Waals surface area contributed by atoms with Crippen LogP contribution in [-0.4, -0.2) is 19.0 Å². The molecular formula is C17H17NO3S2. The van der Waals surface area contributed by atoms with Crippen LogP contribution < -0.4 is 5.32 Å². The molecule has 0 unspecified atom stereocenters. The summed E-state index contributed by atoms with van der Waals surface area (Å²) in [7, 11) is 1.37. The Balaban J connectivity index is 1.83. The van der Waals surface area contributed by atoms with Gasteiger partial charge in [-0.2, -0.15) is 0 Å². The lowest BCUT2D eigenvalue weighted by Gasteiger charge is -2.11. The summed E-state index contributed by atoms with van der Waals surface area (Å²) in [6, 6.07) is 3.88. The molecule has 0 spiro atoms. The highest BCUT2D eigenvalue weighted by molar-refractivity contribution is 7.17. The van der Waals surface area contributed by atoms with Gasteiger partial charge < -0.3 is 10.1 Å². The van der Waals surface area contributed by atoms with E-state index in [0.717, 1.165) is 36.1 Å². The third-order valence-electron chi connectivity index (χ3n) is 3.74. The molecule has 23 heavy (non-hydrogen) atoms. The zero-order valence-corrected chi connectivity index (χ0v) is 14.4. The Labute approximate surface area is 142 Å². The van der Waals surface area contributed by atoms with E-state index in [4.69, 9.17) is 4.74 Å². The SMILES string of the molecule is COC(=O)c1c(NC(=O)/C=C\c2cccs2)sc2c1CCCC2. The summed E-state index contributed by atoms with van der Waals surface area (Å²) < 4.78 is 4.90. The maximum atomic E-state index is 12.1. The lowest BCUT2D eigenvalue weighted by molar-refractivity contribution is -0.111. The van der Waals surface area contributed by atoms with E-state index >= 15 is 0 Å². The molecule has 2 aromatic heterocycles. The molecule has 0 radical (unpaired) electrons. The first-order chi connectivity index (χ1) is 11.2. The Morgan fingerprint density at radius 2 is 2.13 bits per heavy atom. The molecule has 1 aliphatic carbocycles. The summed E-state index contributed by atoms with van der Waals surface area (Å²) >= 11 is 3.06. The molecule has 0 fully saturated rings. The largest absolute Gasteiger partial charge is 0.465 e. The molecule has 3 rings (SSSR count). The number of rotatable bonds is 4. The number of thiophene rings is 2. The van der Waals surface area contributed by atoms with Crippen molar-refractivity contribution in [3.63, 3.8) is 0 Å². The Hall–Kier alpha value is -1.92. The summed E-state index contributed by atoms with van der Waals surface area (Å²) in [5, 5.41) is 5.40. The molecule has 1 N–H and O–H groups in total. The molecule has 0 bridgehead atoms. The molecule has 0 saturated carbocycles. The van der Waals surface area contributed by atoms with E-state index in [0.29, 0.717) is 10.6 Å². The monoisotopic (exact) mass is 347 g/mol. The van der Waals surface area contributed by atoms with Gasteiger partial charge in [0.25, 0.3) is 0 Å². The number of nitrogens with one attached hydrogen (secondary N) is 1. The van der Waals surface area contributed by atoms with Crippen molar-refractivity contribution in [2.45, 2.75) is 25.7 Å². The molecule has 0 saturated heterocycles. The predicted molar refractivity (Wildman–Crippen MR) is 94.3 cm³/mol. The number of amides is 1. The maximum Gasteiger partial charge on any atom is 0.341 e. The molecule has 1 amide bonds. The van der Waals surface area contributed by atoms with Crippen LogP contribution in [0, 0.1) is 0 Å². The van der Waals surface area contributed by atoms with Gasteiger partial charge in [0.05, 0.1) is 12.7 Å². The Kier molecular flexibility index (Phi) is 4.93. The Morgan fingerprint density at radius 1 is 1.30 bits per heavy atom. The average molecular weight is 347 g/mol. The molecule has 2 heterocycles. The molecule has 120 valence electrons. The van der Waals surface area contributed by atoms with Crippen molar-refractivity contribution in [2.24, 2.45) is 0 Å². The van der Waals surface area contributed by atoms with E-state index < -0.39 is 0 Å². The standard InChI is InChI=1S/C17H17NO3S2/c1-21-17(20)15-12-6-2-3-7-13(12)23-16(15)18-14(19)9-8-11-5-4-10-22-11/h4-5,8-10H,2-3,6-7H2,1H3,(H,18,19)/b9-8-. The van der Waals surface area contributed by atoms with Gasteiger partial charge in [0.2, 0.25) is 5.91 Å². The number of methoxy groups -OCH3 is 1. The first-order valence-electron chi connectivity index (χ1n) is 7.44. The number of fused-ring (bicyclic) bond motifs is 1. The fraction of sp³-hybridized carbons (Fsp3) is 0.294. The summed E-state index contributed by atoms with van der Waals surface area (Å²) in [5.41, 5.74) is 1.58. The number of hydrogen-bond acceptors (Lipinski definition) is 5. The highest BCUT2D eigenvalue weighted by Gasteiger charge is 2.26. The summed E-state index contributed by atoms with van der Waals surface area (Å²) in [4.78, 5) is 26.5. The third-order valence-corrected chi connectivity index (χ3v) is 5.78. The van der Waals surface area contributed by atoms with Crippen LogP contribution in [-0.2, 0) is 22.4 Å². The Bertz CT molecular complexity index is 744. The van der Waals surface area contributed by atoms with Crippen LogP contribution in [0.4, 0.5) is 5.00 Å². The molecule has 6 heteroatoms. The van der Waals surface area contributed by atoms with Crippen LogP contribution in [0.5, 0.6) is 0 Å². The van der Waals surface area contributed by atoms with E-state index in [1.54, 1.807) is 17.4 Å². The van der Waals surface area contributed by atoms with Crippen LogP contribution >= 0.6 is 22.7 Å². The topological polar surface area (TPSA) is 55.4 Å². The maximum absolute atomic E-state index is 12.1. The number of carbonyl (C=O) groups is 2. The zero-order chi connectivity index (χ0) is 16.2. The summed E-state index contributed by atoms with van der Waals surface area (Å²) in [5.74, 6) is -0.607. The first-order valence-corrected chi connectivity index (χ1v) is 9.14. The second-order valence-corrected chi connectivity index (χ2v) is 7.33. The molecule has 2 aromatic rings. The van der Waals surface area contributed by atoms with Gasteiger partial charge in [-0.05, 0) is 48.8 Å². The number of hydrogen-bond donors (Lipinski definition) is 1. The Morgan fingerprint density at radius 3 is 2.87 bits per heavy atom. The third kappa shape index (κ3) is 3.54. The predicted octanol–water partition coefficient (Wildman–Crippen LogP) is 4.13. The van der Waals surface area contributed by atoms with E-state index in [1.807, 2.05) is 17.5 Å². The molecule has 0 aromatic carbocycles. The lowest BCUT2D eigenvalue weighted by Crippen LogP contribution is -2.13. The quantitative estimate of drug-likeness (QED) is 0.668. The smallest absolute Gasteiger partial charge is 0.341 e. The van der Waals surface area contributed by atoms with Gasteiger partial charge in [-0.25, -0.2) is 4.79 Å². The van der Waals surface area contributed by atoms with E-state index in [1.165, 1.54) is 29.4 Å². The second-order valence-electron chi connectivity index (χ2n) is 5.24. The average Bonchev–Trinajstić information content (AvgIpc) is 3.19. The number of esters is 1. The van der Waals surface area contributed by atoms with E-state index in [-0.39, 0.29) is 11.9 Å². The molecule has 4 nitrogen and oxygen atoms in total. The fourth-order valence-electron chi connectivity index (χ4n) is 2.67. The van der Waals surface area contributed by atoms with Gasteiger partial charge in [0.1, 0.15) is 5.00 Å². The van der Waals surface area contributed by atoms with Gasteiger partial charge in [-0.3, -0.25) is 4.79 Å². The van der Waals surface area contributed by atoms with E-state index in [9.17, 15) is 9.59 Å². The van der Waals surface area contributed by atoms with Crippen LogP contribution in [0.15, 0.2) is 23.6 Å². The van der Waals surface area contributed by atoms with Crippen molar-refractivity contribution < 1.29 is 14.3 Å². The van der Waals surface area contributed by atoms with Gasteiger partial charge in [-0.1, -0.05) is 6.07 Å². The van der Waals surface area contributed by atoms with Crippen molar-refractivity contribution in [3.8, 4) is 0 Å². The van der Waals surface area contributed by atoms with Crippen molar-refractivity contribution >= 4 is 45.6 Å². The molecule has 0 atom stereocenters. The van der Waals surface area contributed by atoms with Crippen LogP contribution in [0.1, 0.15) is 38.5 Å². The van der Waals surface area contributed by atoms with E-state index in [2.05, 4.69) is 5.32 Å². The van der Waals surface area contributed by atoms with Crippen molar-refractivity contribution in [2.75, 3.05) is 12.4 Å². The number of anilines is 1. The van der Waals surface area contributed by atoms with Crippen molar-refractivity contribution in [3.05, 3.63) is 44.5 Å². The van der Waals surface area contributed by atoms with Crippen LogP contribution in [0.2, 0.25) is 0 Å². The zero-order valence-electron chi connectivity index (χ0n) is 12.8. The highest BCUT2D eigenvalue weighted by Crippen LogP contribution is 2.38. The normalized spacial score (nSPS) is 13.8. The van der Waals surface area contributed by atoms with Gasteiger partial charge >= 0.3 is 5.97 Å². The second kappa shape index (κ2) is 7.10. The van der Waals surface area contributed by atoms with Crippen molar-refractivity contribution in [1.29, 1.82) is 0 Å². The van der Waals surface area contributed by atoms with Crippen LogP contribution in [0.25, 0.3) is 6.08 Å². The lowest BCUT2D eigenvalue weighted by atomic mass is 9.95. The molecule has 0 aliphatic heterocycles. The minimum atomic E-state index is -0.373. The molecular weight excluding hydrogens is 330 g/mol. The van der Waals surface area contributed by atoms with Crippen LogP contribution in [0.3, 0.4) is 0 Å². The minimum absolute atomic E-state index is 0.234. The van der Waals surface area contributed by atoms with Crippen molar-refractivity contribution in [1.82, 2.24) is 0 Å². The molecule has 1 aliphatic rings. The first kappa shape index (κ1) is 16.0. The number of carbonyl (C=O) groups excluding carboxylic acids is 2. The minimum Gasteiger partial charge on any atom is -0.465 e. The summed E-state index contributed by atoms with van der Waals surface area (Å²) in [6.07, 6.45) is 7.29. The van der Waals surface area contributed by atoms with Gasteiger partial charge in [-0.15, -0.1) is 22.7 Å². The fourth-order valence-corrected chi connectivity index (χ4v) is 4.57.